The number of carbonyl (C=O) groups is 1. The van der Waals surface area contributed by atoms with Crippen LogP contribution in [0.25, 0.3) is 11.1 Å². The van der Waals surface area contributed by atoms with E-state index in [0.717, 1.165) is 28.1 Å². The minimum atomic E-state index is 0. The van der Waals surface area contributed by atoms with Crippen molar-refractivity contribution in [2.75, 3.05) is 0 Å². The maximum absolute atomic E-state index is 12.6. The number of ketones is 1. The number of hydrogen-bond acceptors (Lipinski definition) is 1. The molecule has 2 nitrogen and oxygen atoms in total. The third kappa shape index (κ3) is 4.43. The third-order valence-corrected chi connectivity index (χ3v) is 4.34. The van der Waals surface area contributed by atoms with Crippen LogP contribution in [0.3, 0.4) is 0 Å². The zero-order valence-corrected chi connectivity index (χ0v) is 16.4. The average Bonchev–Trinajstić information content (AvgIpc) is 2.59. The topological polar surface area (TPSA) is 20.9 Å². The lowest BCUT2D eigenvalue weighted by molar-refractivity contribution is -0.695. The first kappa shape index (κ1) is 19.1. The summed E-state index contributed by atoms with van der Waals surface area (Å²) >= 11 is 0. The number of pyridine rings is 1. The second-order valence-corrected chi connectivity index (χ2v) is 6.27. The SMILES string of the molecule is Cc1cc(C)[n+](CC(=O)c2ccc(-c3ccccc3)cc2)c(C)c1.[Br-]. The first-order valence-corrected chi connectivity index (χ1v) is 8.21. The smallest absolute Gasteiger partial charge is 0.227 e. The number of aryl methyl sites for hydroxylation is 3. The molecule has 0 amide bonds. The van der Waals surface area contributed by atoms with Crippen molar-refractivity contribution in [1.29, 1.82) is 0 Å². The van der Waals surface area contributed by atoms with E-state index in [1.807, 2.05) is 56.3 Å². The molecule has 0 bridgehead atoms. The lowest BCUT2D eigenvalue weighted by Crippen LogP contribution is -3.00. The van der Waals surface area contributed by atoms with E-state index < -0.39 is 0 Å². The van der Waals surface area contributed by atoms with Gasteiger partial charge in [-0.05, 0) is 23.6 Å². The van der Waals surface area contributed by atoms with Gasteiger partial charge in [-0.1, -0.05) is 54.6 Å². The molecule has 3 rings (SSSR count). The summed E-state index contributed by atoms with van der Waals surface area (Å²) in [6.45, 7) is 6.55. The summed E-state index contributed by atoms with van der Waals surface area (Å²) in [5.41, 5.74) is 6.49. The fraction of sp³-hybridized carbons (Fsp3) is 0.182. The highest BCUT2D eigenvalue weighted by Gasteiger charge is 2.17. The molecule has 0 aliphatic rings. The van der Waals surface area contributed by atoms with Gasteiger partial charge in [0.05, 0.1) is 0 Å². The van der Waals surface area contributed by atoms with Crippen LogP contribution in [0.5, 0.6) is 0 Å². The summed E-state index contributed by atoms with van der Waals surface area (Å²) in [5.74, 6) is 0.134. The van der Waals surface area contributed by atoms with E-state index in [4.69, 9.17) is 0 Å². The molecule has 0 fully saturated rings. The maximum atomic E-state index is 12.6. The van der Waals surface area contributed by atoms with Crippen LogP contribution >= 0.6 is 0 Å². The van der Waals surface area contributed by atoms with Gasteiger partial charge in [0, 0.05) is 31.5 Å². The number of halogens is 1. The normalized spacial score (nSPS) is 10.2. The monoisotopic (exact) mass is 395 g/mol. The van der Waals surface area contributed by atoms with Gasteiger partial charge in [-0.15, -0.1) is 0 Å². The maximum Gasteiger partial charge on any atom is 0.227 e. The largest absolute Gasteiger partial charge is 1.00 e. The van der Waals surface area contributed by atoms with Crippen LogP contribution in [0.1, 0.15) is 27.3 Å². The number of benzene rings is 2. The molecule has 1 aromatic heterocycles. The molecule has 0 N–H and O–H groups in total. The molecular weight excluding hydrogens is 374 g/mol. The van der Waals surface area contributed by atoms with E-state index in [1.54, 1.807) is 0 Å². The molecule has 2 aromatic carbocycles. The van der Waals surface area contributed by atoms with Crippen molar-refractivity contribution in [3.05, 3.63) is 89.2 Å². The molecule has 128 valence electrons. The molecule has 1 heterocycles. The third-order valence-electron chi connectivity index (χ3n) is 4.34. The number of hydrogen-bond donors (Lipinski definition) is 0. The Kier molecular flexibility index (Phi) is 6.27. The summed E-state index contributed by atoms with van der Waals surface area (Å²) in [7, 11) is 0. The van der Waals surface area contributed by atoms with Gasteiger partial charge in [0.15, 0.2) is 11.4 Å². The molecule has 0 saturated carbocycles. The first-order valence-electron chi connectivity index (χ1n) is 8.21. The molecule has 0 aliphatic carbocycles. The molecule has 25 heavy (non-hydrogen) atoms. The Labute approximate surface area is 159 Å². The summed E-state index contributed by atoms with van der Waals surface area (Å²) in [6, 6.07) is 22.3. The van der Waals surface area contributed by atoms with Crippen molar-refractivity contribution in [2.45, 2.75) is 27.3 Å². The summed E-state index contributed by atoms with van der Waals surface area (Å²) in [6.07, 6.45) is 0. The van der Waals surface area contributed by atoms with Crippen LogP contribution in [0, 0.1) is 20.8 Å². The number of rotatable bonds is 4. The lowest BCUT2D eigenvalue weighted by Gasteiger charge is -2.06. The van der Waals surface area contributed by atoms with Crippen LogP contribution in [-0.2, 0) is 6.54 Å². The Morgan fingerprint density at radius 1 is 0.800 bits per heavy atom. The Morgan fingerprint density at radius 2 is 1.32 bits per heavy atom. The zero-order chi connectivity index (χ0) is 17.1. The van der Waals surface area contributed by atoms with Crippen LogP contribution in [-0.4, -0.2) is 5.78 Å². The predicted molar refractivity (Wildman–Crippen MR) is 97.1 cm³/mol. The number of carbonyl (C=O) groups excluding carboxylic acids is 1. The summed E-state index contributed by atoms with van der Waals surface area (Å²) in [4.78, 5) is 12.6. The zero-order valence-electron chi connectivity index (χ0n) is 14.8. The quantitative estimate of drug-likeness (QED) is 0.483. The average molecular weight is 396 g/mol. The minimum Gasteiger partial charge on any atom is -1.00 e. The Balaban J connectivity index is 0.00000225. The molecule has 3 heteroatoms. The molecule has 0 radical (unpaired) electrons. The van der Waals surface area contributed by atoms with E-state index >= 15 is 0 Å². The van der Waals surface area contributed by atoms with Gasteiger partial charge in [-0.3, -0.25) is 4.79 Å². The van der Waals surface area contributed by atoms with E-state index in [1.165, 1.54) is 5.56 Å². The van der Waals surface area contributed by atoms with Gasteiger partial charge in [-0.2, -0.15) is 4.57 Å². The number of aromatic nitrogens is 1. The second-order valence-electron chi connectivity index (χ2n) is 6.27. The Hall–Kier alpha value is -2.26. The van der Waals surface area contributed by atoms with Crippen molar-refractivity contribution < 1.29 is 26.3 Å². The van der Waals surface area contributed by atoms with Crippen molar-refractivity contribution in [3.63, 3.8) is 0 Å². The van der Waals surface area contributed by atoms with E-state index in [9.17, 15) is 4.79 Å². The van der Waals surface area contributed by atoms with Crippen LogP contribution in [0.4, 0.5) is 0 Å². The van der Waals surface area contributed by atoms with Crippen molar-refractivity contribution in [3.8, 4) is 11.1 Å². The molecule has 0 spiro atoms. The number of Topliss-reactive ketones (excluding diaryl/α,β-unsaturated/α-hetero) is 1. The lowest BCUT2D eigenvalue weighted by atomic mass is 10.0. The van der Waals surface area contributed by atoms with Gasteiger partial charge >= 0.3 is 0 Å². The minimum absolute atomic E-state index is 0. The van der Waals surface area contributed by atoms with Gasteiger partial charge < -0.3 is 17.0 Å². The van der Waals surface area contributed by atoms with Gasteiger partial charge in [0.25, 0.3) is 0 Å². The fourth-order valence-corrected chi connectivity index (χ4v) is 3.10. The fourth-order valence-electron chi connectivity index (χ4n) is 3.10. The molecule has 0 aliphatic heterocycles. The molecule has 0 saturated heterocycles. The van der Waals surface area contributed by atoms with E-state index in [2.05, 4.69) is 35.8 Å². The van der Waals surface area contributed by atoms with Crippen LogP contribution in [0.2, 0.25) is 0 Å². The van der Waals surface area contributed by atoms with Crippen molar-refractivity contribution in [2.24, 2.45) is 0 Å². The van der Waals surface area contributed by atoms with E-state index in [0.29, 0.717) is 6.54 Å². The van der Waals surface area contributed by atoms with Gasteiger partial charge in [0.1, 0.15) is 0 Å². The first-order chi connectivity index (χ1) is 11.5. The van der Waals surface area contributed by atoms with Crippen LogP contribution in [0.15, 0.2) is 66.7 Å². The molecular formula is C22H22BrNO. The highest BCUT2D eigenvalue weighted by Crippen LogP contribution is 2.19. The number of nitrogens with zero attached hydrogens (tertiary/aromatic N) is 1. The van der Waals surface area contributed by atoms with E-state index in [-0.39, 0.29) is 22.8 Å². The predicted octanol–water partition coefficient (Wildman–Crippen LogP) is 1.45. The Bertz CT molecular complexity index is 847. The highest BCUT2D eigenvalue weighted by atomic mass is 79.9. The highest BCUT2D eigenvalue weighted by molar-refractivity contribution is 5.95. The van der Waals surface area contributed by atoms with Crippen LogP contribution < -0.4 is 21.5 Å². The molecule has 0 atom stereocenters. The molecule has 0 unspecified atom stereocenters. The summed E-state index contributed by atoms with van der Waals surface area (Å²) in [5, 5.41) is 0. The molecule has 3 aromatic rings. The van der Waals surface area contributed by atoms with Crippen molar-refractivity contribution in [1.82, 2.24) is 0 Å². The van der Waals surface area contributed by atoms with Gasteiger partial charge in [-0.25, -0.2) is 0 Å². The standard InChI is InChI=1S/C22H22NO.BrH/c1-16-13-17(2)23(18(3)14-16)15-22(24)21-11-9-20(10-12-21)19-7-5-4-6-8-19;/h4-14H,15H2,1-3H3;1H/q+1;/p-1. The van der Waals surface area contributed by atoms with Gasteiger partial charge in [0.2, 0.25) is 12.3 Å². The Morgan fingerprint density at radius 3 is 1.88 bits per heavy atom. The second kappa shape index (κ2) is 8.21. The van der Waals surface area contributed by atoms with Crippen molar-refractivity contribution >= 4 is 5.78 Å². The summed E-state index contributed by atoms with van der Waals surface area (Å²) < 4.78 is 2.07.